The number of phenols is 1. The maximum atomic E-state index is 12.0. The molecule has 0 saturated carbocycles. The van der Waals surface area contributed by atoms with E-state index in [4.69, 9.17) is 0 Å². The summed E-state index contributed by atoms with van der Waals surface area (Å²) in [4.78, 5) is 16.6. The number of rotatable bonds is 2. The highest BCUT2D eigenvalue weighted by Crippen LogP contribution is 2.20. The smallest absolute Gasteiger partial charge is 0.284 e. The Morgan fingerprint density at radius 1 is 1.37 bits per heavy atom. The molecule has 19 heavy (non-hydrogen) atoms. The van der Waals surface area contributed by atoms with Crippen LogP contribution in [-0.4, -0.2) is 22.3 Å². The Morgan fingerprint density at radius 2 is 2.11 bits per heavy atom. The number of aromatic hydroxyl groups is 1. The summed E-state index contributed by atoms with van der Waals surface area (Å²) in [6.07, 6.45) is 4.86. The number of para-hydroxylation sites is 1. The number of benzene rings is 1. The van der Waals surface area contributed by atoms with E-state index < -0.39 is 10.7 Å². The van der Waals surface area contributed by atoms with Crippen molar-refractivity contribution in [1.29, 1.82) is 0 Å². The van der Waals surface area contributed by atoms with Gasteiger partial charge in [-0.1, -0.05) is 22.8 Å². The highest BCUT2D eigenvalue weighted by Gasteiger charge is 2.08. The van der Waals surface area contributed by atoms with Crippen molar-refractivity contribution in [3.8, 4) is 5.75 Å². The number of amides is 1. The molecule has 6 heteroatoms. The van der Waals surface area contributed by atoms with Crippen molar-refractivity contribution < 1.29 is 9.90 Å². The van der Waals surface area contributed by atoms with Gasteiger partial charge in [-0.15, -0.1) is 0 Å². The first-order valence-corrected chi connectivity index (χ1v) is 7.77. The van der Waals surface area contributed by atoms with Crippen LogP contribution < -0.4 is 0 Å². The molecule has 1 aromatic heterocycles. The summed E-state index contributed by atoms with van der Waals surface area (Å²) in [5.74, 6) is -0.194. The van der Waals surface area contributed by atoms with Crippen LogP contribution in [0.3, 0.4) is 0 Å². The van der Waals surface area contributed by atoms with Crippen molar-refractivity contribution in [3.05, 3.63) is 52.8 Å². The van der Waals surface area contributed by atoms with Gasteiger partial charge < -0.3 is 5.11 Å². The number of nitrogens with zero attached hydrogens (tertiary/aromatic N) is 2. The average molecular weight is 339 g/mol. The second-order valence-corrected chi connectivity index (χ2v) is 6.23. The lowest BCUT2D eigenvalue weighted by molar-refractivity contribution is 0.100. The molecule has 98 valence electrons. The molecule has 0 bridgehead atoms. The fourth-order valence-corrected chi connectivity index (χ4v) is 2.93. The van der Waals surface area contributed by atoms with Crippen LogP contribution in [-0.2, 0) is 10.7 Å². The van der Waals surface area contributed by atoms with E-state index >= 15 is 0 Å². The third kappa shape index (κ3) is 3.48. The van der Waals surface area contributed by atoms with Gasteiger partial charge in [-0.2, -0.15) is 4.36 Å². The third-order valence-corrected chi connectivity index (χ3v) is 4.21. The summed E-state index contributed by atoms with van der Waals surface area (Å²) in [6.45, 7) is 0. The van der Waals surface area contributed by atoms with Crippen molar-refractivity contribution in [2.45, 2.75) is 4.90 Å². The lowest BCUT2D eigenvalue weighted by Crippen LogP contribution is -1.99. The van der Waals surface area contributed by atoms with Crippen LogP contribution in [0.5, 0.6) is 5.75 Å². The zero-order chi connectivity index (χ0) is 13.8. The van der Waals surface area contributed by atoms with Crippen LogP contribution in [0.2, 0.25) is 0 Å². The minimum absolute atomic E-state index is 0.150. The molecule has 0 aliphatic rings. The molecule has 0 aliphatic carbocycles. The van der Waals surface area contributed by atoms with E-state index in [-0.39, 0.29) is 11.7 Å². The standard InChI is InChI=1S/C13H11BrN2O2S/c1-19(12-5-3-2-4-11(12)17)16-13(18)9-6-10(14)8-15-7-9/h2-8,17H,1H3/t19-/m0/s1. The molecule has 0 unspecified atom stereocenters. The highest BCUT2D eigenvalue weighted by molar-refractivity contribution is 9.10. The molecule has 4 nitrogen and oxygen atoms in total. The molecule has 2 aromatic rings. The van der Waals surface area contributed by atoms with E-state index in [1.165, 1.54) is 6.20 Å². The van der Waals surface area contributed by atoms with Gasteiger partial charge in [0, 0.05) is 16.9 Å². The van der Waals surface area contributed by atoms with E-state index in [1.54, 1.807) is 42.8 Å². The number of carbonyl (C=O) groups is 1. The SMILES string of the molecule is C[S@](=NC(=O)c1cncc(Br)c1)c1ccccc1O. The largest absolute Gasteiger partial charge is 0.507 e. The number of hydrogen-bond acceptors (Lipinski definition) is 3. The predicted molar refractivity (Wildman–Crippen MR) is 78.4 cm³/mol. The summed E-state index contributed by atoms with van der Waals surface area (Å²) in [7, 11) is -0.700. The van der Waals surface area contributed by atoms with E-state index in [2.05, 4.69) is 25.3 Å². The summed E-state index contributed by atoms with van der Waals surface area (Å²) < 4.78 is 4.82. The predicted octanol–water partition coefficient (Wildman–Crippen LogP) is 3.18. The molecule has 0 aliphatic heterocycles. The molecule has 0 spiro atoms. The molecule has 1 heterocycles. The number of carbonyl (C=O) groups excluding carboxylic acids is 1. The lowest BCUT2D eigenvalue weighted by Gasteiger charge is -2.04. The highest BCUT2D eigenvalue weighted by atomic mass is 79.9. The molecule has 0 radical (unpaired) electrons. The molecule has 1 N–H and O–H groups in total. The van der Waals surface area contributed by atoms with Gasteiger partial charge in [-0.05, 0) is 40.4 Å². The van der Waals surface area contributed by atoms with Crippen LogP contribution >= 0.6 is 15.9 Å². The number of aromatic nitrogens is 1. The normalized spacial score (nSPS) is 12.3. The quantitative estimate of drug-likeness (QED) is 0.914. The lowest BCUT2D eigenvalue weighted by atomic mass is 10.3. The Morgan fingerprint density at radius 3 is 2.79 bits per heavy atom. The van der Waals surface area contributed by atoms with Crippen molar-refractivity contribution >= 4 is 32.5 Å². The zero-order valence-corrected chi connectivity index (χ0v) is 12.5. The minimum Gasteiger partial charge on any atom is -0.507 e. The van der Waals surface area contributed by atoms with Gasteiger partial charge in [0.15, 0.2) is 0 Å². The topological polar surface area (TPSA) is 62.5 Å². The Balaban J connectivity index is 2.31. The Bertz CT molecular complexity index is 659. The Labute approximate surface area is 121 Å². The van der Waals surface area contributed by atoms with Gasteiger partial charge in [0.25, 0.3) is 5.91 Å². The van der Waals surface area contributed by atoms with Crippen LogP contribution in [0.25, 0.3) is 0 Å². The second kappa shape index (κ2) is 6.08. The van der Waals surface area contributed by atoms with E-state index in [1.807, 2.05) is 0 Å². The molecular weight excluding hydrogens is 328 g/mol. The second-order valence-electron chi connectivity index (χ2n) is 3.73. The molecule has 1 amide bonds. The van der Waals surface area contributed by atoms with Crippen molar-refractivity contribution in [2.75, 3.05) is 6.26 Å². The molecule has 1 atom stereocenters. The maximum Gasteiger partial charge on any atom is 0.284 e. The molecule has 0 fully saturated rings. The van der Waals surface area contributed by atoms with Crippen molar-refractivity contribution in [3.63, 3.8) is 0 Å². The summed E-state index contributed by atoms with van der Waals surface area (Å²) in [5, 5.41) is 9.72. The van der Waals surface area contributed by atoms with Crippen LogP contribution in [0.15, 0.2) is 56.5 Å². The van der Waals surface area contributed by atoms with Crippen molar-refractivity contribution in [2.24, 2.45) is 4.36 Å². The summed E-state index contributed by atoms with van der Waals surface area (Å²) >= 11 is 3.26. The summed E-state index contributed by atoms with van der Waals surface area (Å²) in [6, 6.07) is 8.55. The first-order chi connectivity index (χ1) is 9.08. The summed E-state index contributed by atoms with van der Waals surface area (Å²) in [5.41, 5.74) is 0.421. The Kier molecular flexibility index (Phi) is 4.44. The van der Waals surface area contributed by atoms with Gasteiger partial charge in [-0.3, -0.25) is 9.78 Å². The molecule has 1 aromatic carbocycles. The molecule has 0 saturated heterocycles. The third-order valence-electron chi connectivity index (χ3n) is 2.36. The minimum atomic E-state index is -0.700. The number of hydrogen-bond donors (Lipinski definition) is 1. The van der Waals surface area contributed by atoms with Crippen LogP contribution in [0.4, 0.5) is 0 Å². The van der Waals surface area contributed by atoms with Crippen LogP contribution in [0, 0.1) is 0 Å². The van der Waals surface area contributed by atoms with Gasteiger partial charge in [-0.25, -0.2) is 0 Å². The van der Waals surface area contributed by atoms with Gasteiger partial charge in [0.2, 0.25) is 0 Å². The van der Waals surface area contributed by atoms with Crippen LogP contribution in [0.1, 0.15) is 10.4 Å². The average Bonchev–Trinajstić information content (AvgIpc) is 2.39. The van der Waals surface area contributed by atoms with E-state index in [0.717, 1.165) is 4.47 Å². The Hall–Kier alpha value is -1.53. The zero-order valence-electron chi connectivity index (χ0n) is 10.1. The van der Waals surface area contributed by atoms with Crippen molar-refractivity contribution in [1.82, 2.24) is 4.98 Å². The number of halogens is 1. The van der Waals surface area contributed by atoms with Gasteiger partial charge in [0.05, 0.1) is 10.5 Å². The maximum absolute atomic E-state index is 12.0. The van der Waals surface area contributed by atoms with E-state index in [9.17, 15) is 9.90 Å². The first kappa shape index (κ1) is 13.9. The first-order valence-electron chi connectivity index (χ1n) is 5.38. The molecule has 2 rings (SSSR count). The monoisotopic (exact) mass is 338 g/mol. The van der Waals surface area contributed by atoms with Gasteiger partial charge in [0.1, 0.15) is 5.75 Å². The fourth-order valence-electron chi connectivity index (χ4n) is 1.46. The number of phenolic OH excluding ortho intramolecular Hbond substituents is 1. The molecular formula is C13H11BrN2O2S. The fraction of sp³-hybridized carbons (Fsp3) is 0.0769. The van der Waals surface area contributed by atoms with Gasteiger partial charge >= 0.3 is 0 Å². The number of pyridine rings is 1. The van der Waals surface area contributed by atoms with E-state index in [0.29, 0.717) is 10.5 Å².